The molecule has 2 unspecified atom stereocenters. The standard InChI is InChI=1S/C27H31NO5S/c1-16(2)32-10-11-33-27(30)24-17(3)28-21-14-19(18-7-5-8-20(13-18)31-4)15-22(29)25(21)26(24)23-9-6-12-34-23/h5-9,12-13,16,19,26,28H,10-11,14-15H2,1-4H3. The molecule has 0 spiro atoms. The number of rotatable bonds is 8. The number of hydrogen-bond donors (Lipinski definition) is 1. The molecule has 1 aromatic carbocycles. The smallest absolute Gasteiger partial charge is 0.336 e. The Bertz CT molecular complexity index is 1120. The van der Waals surface area contributed by atoms with E-state index in [0.29, 0.717) is 30.6 Å². The Balaban J connectivity index is 1.63. The molecule has 0 saturated carbocycles. The number of allylic oxidation sites excluding steroid dienone is 3. The van der Waals surface area contributed by atoms with Gasteiger partial charge in [0.2, 0.25) is 0 Å². The van der Waals surface area contributed by atoms with Gasteiger partial charge in [-0.05, 0) is 62.3 Å². The van der Waals surface area contributed by atoms with Crippen LogP contribution >= 0.6 is 11.3 Å². The summed E-state index contributed by atoms with van der Waals surface area (Å²) >= 11 is 1.55. The molecular weight excluding hydrogens is 450 g/mol. The lowest BCUT2D eigenvalue weighted by atomic mass is 9.73. The Hall–Kier alpha value is -2.90. The first kappa shape index (κ1) is 24.2. The van der Waals surface area contributed by atoms with Crippen LogP contribution in [-0.4, -0.2) is 38.2 Å². The summed E-state index contributed by atoms with van der Waals surface area (Å²) in [4.78, 5) is 27.7. The molecule has 2 heterocycles. The highest BCUT2D eigenvalue weighted by Crippen LogP contribution is 2.46. The Labute approximate surface area is 204 Å². The number of dihydropyridines is 1. The molecule has 34 heavy (non-hydrogen) atoms. The van der Waals surface area contributed by atoms with Gasteiger partial charge >= 0.3 is 5.97 Å². The lowest BCUT2D eigenvalue weighted by molar-refractivity contribution is -0.141. The van der Waals surface area contributed by atoms with Crippen LogP contribution in [0.1, 0.15) is 55.9 Å². The summed E-state index contributed by atoms with van der Waals surface area (Å²) in [7, 11) is 1.64. The third-order valence-electron chi connectivity index (χ3n) is 6.21. The van der Waals surface area contributed by atoms with E-state index in [0.717, 1.165) is 27.6 Å². The van der Waals surface area contributed by atoms with Crippen LogP contribution in [0.3, 0.4) is 0 Å². The predicted octanol–water partition coefficient (Wildman–Crippen LogP) is 5.09. The van der Waals surface area contributed by atoms with Gasteiger partial charge in [-0.1, -0.05) is 18.2 Å². The van der Waals surface area contributed by atoms with Gasteiger partial charge in [0.1, 0.15) is 12.4 Å². The number of carbonyl (C=O) groups excluding carboxylic acids is 2. The minimum Gasteiger partial charge on any atom is -0.497 e. The maximum atomic E-state index is 13.6. The zero-order valence-electron chi connectivity index (χ0n) is 20.1. The molecule has 2 aromatic rings. The summed E-state index contributed by atoms with van der Waals surface area (Å²) in [6, 6.07) is 11.8. The predicted molar refractivity (Wildman–Crippen MR) is 132 cm³/mol. The highest BCUT2D eigenvalue weighted by Gasteiger charge is 2.41. The summed E-state index contributed by atoms with van der Waals surface area (Å²) in [5.41, 5.74) is 3.87. The van der Waals surface area contributed by atoms with Crippen LogP contribution in [0, 0.1) is 0 Å². The summed E-state index contributed by atoms with van der Waals surface area (Å²) in [5, 5.41) is 5.36. The van der Waals surface area contributed by atoms with Crippen LogP contribution < -0.4 is 10.1 Å². The summed E-state index contributed by atoms with van der Waals surface area (Å²) in [5.74, 6) is 0.0483. The molecule has 0 bridgehead atoms. The minimum absolute atomic E-state index is 0.0484. The lowest BCUT2D eigenvalue weighted by Crippen LogP contribution is -2.36. The number of nitrogens with one attached hydrogen (secondary N) is 1. The van der Waals surface area contributed by atoms with E-state index in [1.807, 2.05) is 62.5 Å². The van der Waals surface area contributed by atoms with Crippen LogP contribution in [0.4, 0.5) is 0 Å². The number of ether oxygens (including phenoxy) is 3. The molecule has 2 atom stereocenters. The third-order valence-corrected chi connectivity index (χ3v) is 7.15. The first-order valence-corrected chi connectivity index (χ1v) is 12.5. The van der Waals surface area contributed by atoms with E-state index in [1.54, 1.807) is 18.4 Å². The van der Waals surface area contributed by atoms with E-state index in [2.05, 4.69) is 5.32 Å². The zero-order valence-corrected chi connectivity index (χ0v) is 20.9. The SMILES string of the molecule is COc1cccc(C2CC(=O)C3=C(C2)NC(C)=C(C(=O)OCCOC(C)C)C3c2cccs2)c1. The van der Waals surface area contributed by atoms with Crippen LogP contribution in [0.2, 0.25) is 0 Å². The number of hydrogen-bond acceptors (Lipinski definition) is 7. The molecule has 0 saturated heterocycles. The van der Waals surface area contributed by atoms with Gasteiger partial charge in [-0.15, -0.1) is 11.3 Å². The number of methoxy groups -OCH3 is 1. The number of ketones is 1. The van der Waals surface area contributed by atoms with E-state index in [-0.39, 0.29) is 24.4 Å². The van der Waals surface area contributed by atoms with Crippen molar-refractivity contribution in [2.24, 2.45) is 0 Å². The summed E-state index contributed by atoms with van der Waals surface area (Å²) in [6.45, 7) is 6.26. The molecule has 0 fully saturated rings. The van der Waals surface area contributed by atoms with Gasteiger partial charge in [0.05, 0.1) is 31.3 Å². The van der Waals surface area contributed by atoms with Crippen LogP contribution in [0.5, 0.6) is 5.75 Å². The molecule has 4 rings (SSSR count). The van der Waals surface area contributed by atoms with Gasteiger partial charge in [0.15, 0.2) is 5.78 Å². The van der Waals surface area contributed by atoms with Crippen molar-refractivity contribution in [3.05, 3.63) is 74.8 Å². The molecule has 2 aliphatic rings. The van der Waals surface area contributed by atoms with Crippen molar-refractivity contribution in [1.29, 1.82) is 0 Å². The second-order valence-electron chi connectivity index (χ2n) is 8.86. The average molecular weight is 482 g/mol. The Morgan fingerprint density at radius 1 is 1.18 bits per heavy atom. The molecule has 6 nitrogen and oxygen atoms in total. The molecule has 0 radical (unpaired) electrons. The maximum absolute atomic E-state index is 13.6. The molecule has 1 aromatic heterocycles. The van der Waals surface area contributed by atoms with Gasteiger partial charge in [0.25, 0.3) is 0 Å². The fourth-order valence-electron chi connectivity index (χ4n) is 4.68. The largest absolute Gasteiger partial charge is 0.497 e. The number of carbonyl (C=O) groups is 2. The van der Waals surface area contributed by atoms with Crippen molar-refractivity contribution in [2.45, 2.75) is 51.6 Å². The highest BCUT2D eigenvalue weighted by atomic mass is 32.1. The second-order valence-corrected chi connectivity index (χ2v) is 9.84. The normalized spacial score (nSPS) is 20.3. The van der Waals surface area contributed by atoms with E-state index in [4.69, 9.17) is 14.2 Å². The van der Waals surface area contributed by atoms with E-state index >= 15 is 0 Å². The van der Waals surface area contributed by atoms with Crippen LogP contribution in [-0.2, 0) is 19.1 Å². The number of Topliss-reactive ketones (excluding diaryl/α,β-unsaturated/α-hetero) is 1. The summed E-state index contributed by atoms with van der Waals surface area (Å²) < 4.78 is 16.4. The summed E-state index contributed by atoms with van der Waals surface area (Å²) in [6.07, 6.45) is 1.15. The van der Waals surface area contributed by atoms with E-state index in [9.17, 15) is 9.59 Å². The number of benzene rings is 1. The molecule has 1 aliphatic carbocycles. The van der Waals surface area contributed by atoms with Crippen molar-refractivity contribution >= 4 is 23.1 Å². The fourth-order valence-corrected chi connectivity index (χ4v) is 5.52. The maximum Gasteiger partial charge on any atom is 0.336 e. The Morgan fingerprint density at radius 3 is 2.71 bits per heavy atom. The molecular formula is C27H31NO5S. The van der Waals surface area contributed by atoms with Crippen molar-refractivity contribution in [3.63, 3.8) is 0 Å². The minimum atomic E-state index is -0.423. The van der Waals surface area contributed by atoms with E-state index in [1.165, 1.54) is 0 Å². The van der Waals surface area contributed by atoms with Crippen LogP contribution in [0.25, 0.3) is 0 Å². The molecule has 0 amide bonds. The first-order valence-electron chi connectivity index (χ1n) is 11.6. The van der Waals surface area contributed by atoms with Crippen molar-refractivity contribution in [2.75, 3.05) is 20.3 Å². The first-order chi connectivity index (χ1) is 16.4. The fraction of sp³-hybridized carbons (Fsp3) is 0.407. The van der Waals surface area contributed by atoms with Gasteiger partial charge in [-0.25, -0.2) is 4.79 Å². The van der Waals surface area contributed by atoms with Crippen molar-refractivity contribution in [3.8, 4) is 5.75 Å². The van der Waals surface area contributed by atoms with Gasteiger partial charge in [0, 0.05) is 28.3 Å². The third kappa shape index (κ3) is 5.10. The Morgan fingerprint density at radius 2 is 2.00 bits per heavy atom. The molecule has 1 N–H and O–H groups in total. The topological polar surface area (TPSA) is 73.9 Å². The zero-order chi connectivity index (χ0) is 24.2. The Kier molecular flexibility index (Phi) is 7.54. The molecule has 180 valence electrons. The lowest BCUT2D eigenvalue weighted by Gasteiger charge is -2.36. The monoisotopic (exact) mass is 481 g/mol. The number of esters is 1. The van der Waals surface area contributed by atoms with Crippen molar-refractivity contribution in [1.82, 2.24) is 5.32 Å². The van der Waals surface area contributed by atoms with E-state index < -0.39 is 11.9 Å². The quantitative estimate of drug-likeness (QED) is 0.418. The second kappa shape index (κ2) is 10.6. The molecule has 7 heteroatoms. The van der Waals surface area contributed by atoms with Gasteiger partial charge in [-0.3, -0.25) is 4.79 Å². The highest BCUT2D eigenvalue weighted by molar-refractivity contribution is 7.10. The molecule has 1 aliphatic heterocycles. The van der Waals surface area contributed by atoms with Crippen molar-refractivity contribution < 1.29 is 23.8 Å². The number of thiophene rings is 1. The van der Waals surface area contributed by atoms with Gasteiger partial charge < -0.3 is 19.5 Å². The van der Waals surface area contributed by atoms with Gasteiger partial charge in [-0.2, -0.15) is 0 Å². The average Bonchev–Trinajstić information content (AvgIpc) is 3.35. The van der Waals surface area contributed by atoms with Crippen LogP contribution in [0.15, 0.2) is 64.3 Å².